The third-order valence-corrected chi connectivity index (χ3v) is 9.43. The smallest absolute Gasteiger partial charge is 0.250 e. The van der Waals surface area contributed by atoms with Crippen LogP contribution in [0, 0.1) is 6.92 Å². The molecule has 4 rings (SSSR count). The minimum absolute atomic E-state index is 0.364. The first-order valence-electron chi connectivity index (χ1n) is 10.5. The van der Waals surface area contributed by atoms with E-state index in [4.69, 9.17) is 21.1 Å². The number of ether oxygens (including phenoxy) is 2. The highest BCUT2D eigenvalue weighted by atomic mass is 35.5. The molecule has 0 unspecified atom stereocenters. The van der Waals surface area contributed by atoms with Crippen LogP contribution in [0.25, 0.3) is 10.1 Å². The van der Waals surface area contributed by atoms with Gasteiger partial charge in [0.25, 0.3) is 0 Å². The lowest BCUT2D eigenvalue weighted by Gasteiger charge is -2.29. The maximum atomic E-state index is 12.9. The second kappa shape index (κ2) is 9.57. The molecule has 1 aromatic heterocycles. The fraction of sp³-hybridized carbons (Fsp3) is 0.391. The van der Waals surface area contributed by atoms with E-state index in [0.717, 1.165) is 59.6 Å². The van der Waals surface area contributed by atoms with Crippen molar-refractivity contribution in [1.29, 1.82) is 0 Å². The van der Waals surface area contributed by atoms with Crippen LogP contribution >= 0.6 is 22.9 Å². The summed E-state index contributed by atoms with van der Waals surface area (Å²) in [6.07, 6.45) is 1.67. The Hall–Kier alpha value is -1.84. The van der Waals surface area contributed by atoms with Gasteiger partial charge in [-0.15, -0.1) is 11.3 Å². The Kier molecular flexibility index (Phi) is 6.97. The van der Waals surface area contributed by atoms with E-state index in [0.29, 0.717) is 15.8 Å². The summed E-state index contributed by atoms with van der Waals surface area (Å²) < 4.78 is 40.6. The van der Waals surface area contributed by atoms with Gasteiger partial charge in [0.05, 0.1) is 14.2 Å². The molecule has 3 aromatic rings. The van der Waals surface area contributed by atoms with Crippen LogP contribution in [0.2, 0.25) is 5.02 Å². The number of halogens is 1. The first kappa shape index (κ1) is 23.3. The topological polar surface area (TPSA) is 67.9 Å². The van der Waals surface area contributed by atoms with Crippen LogP contribution in [0.15, 0.2) is 34.5 Å². The number of nitrogens with zero attached hydrogens (tertiary/aromatic N) is 1. The van der Waals surface area contributed by atoms with Crippen LogP contribution in [0.4, 0.5) is 0 Å². The molecule has 32 heavy (non-hydrogen) atoms. The summed E-state index contributed by atoms with van der Waals surface area (Å²) in [6, 6.07) is 9.57. The van der Waals surface area contributed by atoms with E-state index in [1.807, 2.05) is 25.1 Å². The van der Waals surface area contributed by atoms with Crippen molar-refractivity contribution >= 4 is 43.0 Å². The minimum atomic E-state index is -3.56. The fourth-order valence-electron chi connectivity index (χ4n) is 4.13. The fourth-order valence-corrected chi connectivity index (χ4v) is 7.17. The molecule has 1 aliphatic rings. The van der Waals surface area contributed by atoms with Crippen LogP contribution in [0.1, 0.15) is 23.1 Å². The van der Waals surface area contributed by atoms with E-state index in [2.05, 4.69) is 15.7 Å². The molecule has 0 saturated carbocycles. The Bertz CT molecular complexity index is 1240. The zero-order chi connectivity index (χ0) is 22.9. The van der Waals surface area contributed by atoms with Gasteiger partial charge in [0.2, 0.25) is 10.0 Å². The van der Waals surface area contributed by atoms with Crippen molar-refractivity contribution in [1.82, 2.24) is 9.62 Å². The second-order valence-corrected chi connectivity index (χ2v) is 11.4. The molecule has 6 nitrogen and oxygen atoms in total. The molecule has 2 heterocycles. The largest absolute Gasteiger partial charge is 0.493 e. The molecule has 9 heteroatoms. The highest BCUT2D eigenvalue weighted by Crippen LogP contribution is 2.35. The lowest BCUT2D eigenvalue weighted by atomic mass is 9.98. The Morgan fingerprint density at radius 2 is 1.84 bits per heavy atom. The van der Waals surface area contributed by atoms with Crippen molar-refractivity contribution in [2.45, 2.75) is 30.5 Å². The first-order chi connectivity index (χ1) is 15.3. The number of hydrogen-bond acceptors (Lipinski definition) is 6. The Labute approximate surface area is 198 Å². The Morgan fingerprint density at radius 1 is 1.12 bits per heavy atom. The molecule has 1 aliphatic heterocycles. The summed E-state index contributed by atoms with van der Waals surface area (Å²) in [6.45, 7) is 4.80. The third kappa shape index (κ3) is 4.75. The van der Waals surface area contributed by atoms with Gasteiger partial charge in [-0.1, -0.05) is 11.6 Å². The molecule has 0 fully saturated rings. The lowest BCUT2D eigenvalue weighted by Crippen LogP contribution is -2.33. The van der Waals surface area contributed by atoms with Crippen molar-refractivity contribution in [3.05, 3.63) is 52.0 Å². The standard InChI is InChI=1S/C23H27ClN2O4S2/c1-15-19-13-18(24)5-6-22(19)31-23(15)32(27,28)25-8-4-9-26-10-7-16-11-20(29-2)21(30-3)12-17(16)14-26/h5-6,11-13,25H,4,7-10,14H2,1-3H3. The van der Waals surface area contributed by atoms with E-state index in [1.165, 1.54) is 22.5 Å². The van der Waals surface area contributed by atoms with Crippen LogP contribution in [0.3, 0.4) is 0 Å². The maximum absolute atomic E-state index is 12.9. The summed E-state index contributed by atoms with van der Waals surface area (Å²) in [5.74, 6) is 1.49. The van der Waals surface area contributed by atoms with E-state index >= 15 is 0 Å². The number of hydrogen-bond donors (Lipinski definition) is 1. The van der Waals surface area contributed by atoms with Crippen LogP contribution in [-0.2, 0) is 23.0 Å². The summed E-state index contributed by atoms with van der Waals surface area (Å²) in [4.78, 5) is 2.34. The predicted octanol–water partition coefficient (Wildman–Crippen LogP) is 4.61. The average molecular weight is 495 g/mol. The molecule has 0 amide bonds. The molecule has 0 radical (unpaired) electrons. The van der Waals surface area contributed by atoms with Crippen molar-refractivity contribution in [2.24, 2.45) is 0 Å². The molecule has 0 atom stereocenters. The summed E-state index contributed by atoms with van der Waals surface area (Å²) >= 11 is 7.36. The van der Waals surface area contributed by atoms with Gasteiger partial charge in [-0.3, -0.25) is 4.90 Å². The summed E-state index contributed by atoms with van der Waals surface area (Å²) in [5, 5.41) is 1.50. The SMILES string of the molecule is COc1cc2c(cc1OC)CN(CCCNS(=O)(=O)c1sc3ccc(Cl)cc3c1C)CC2. The average Bonchev–Trinajstić information content (AvgIpc) is 3.12. The molecule has 0 saturated heterocycles. The number of sulfonamides is 1. The minimum Gasteiger partial charge on any atom is -0.493 e. The maximum Gasteiger partial charge on any atom is 0.250 e. The van der Waals surface area contributed by atoms with Gasteiger partial charge >= 0.3 is 0 Å². The third-order valence-electron chi connectivity index (χ3n) is 5.84. The molecular weight excluding hydrogens is 468 g/mol. The molecule has 0 spiro atoms. The normalized spacial score (nSPS) is 14.5. The van der Waals surface area contributed by atoms with E-state index in [9.17, 15) is 8.42 Å². The van der Waals surface area contributed by atoms with Crippen molar-refractivity contribution < 1.29 is 17.9 Å². The molecule has 2 aromatic carbocycles. The van der Waals surface area contributed by atoms with Gasteiger partial charge in [-0.05, 0) is 78.7 Å². The number of thiophene rings is 1. The van der Waals surface area contributed by atoms with E-state index in [1.54, 1.807) is 20.3 Å². The zero-order valence-corrected chi connectivity index (χ0v) is 20.8. The number of benzene rings is 2. The van der Waals surface area contributed by atoms with Gasteiger partial charge in [0.1, 0.15) is 4.21 Å². The molecule has 0 bridgehead atoms. The first-order valence-corrected chi connectivity index (χ1v) is 13.1. The highest BCUT2D eigenvalue weighted by Gasteiger charge is 2.22. The molecule has 172 valence electrons. The summed E-state index contributed by atoms with van der Waals surface area (Å²) in [5.41, 5.74) is 3.26. The van der Waals surface area contributed by atoms with Crippen molar-refractivity contribution in [3.8, 4) is 11.5 Å². The molecule has 1 N–H and O–H groups in total. The molecule has 0 aliphatic carbocycles. The Balaban J connectivity index is 1.35. The predicted molar refractivity (Wildman–Crippen MR) is 130 cm³/mol. The Morgan fingerprint density at radius 3 is 2.56 bits per heavy atom. The van der Waals surface area contributed by atoms with Gasteiger partial charge in [-0.25, -0.2) is 13.1 Å². The van der Waals surface area contributed by atoms with Crippen molar-refractivity contribution in [2.75, 3.05) is 33.9 Å². The quantitative estimate of drug-likeness (QED) is 0.463. The number of fused-ring (bicyclic) bond motifs is 2. The number of rotatable bonds is 8. The van der Waals surface area contributed by atoms with Gasteiger partial charge < -0.3 is 9.47 Å². The van der Waals surface area contributed by atoms with E-state index in [-0.39, 0.29) is 0 Å². The number of aryl methyl sites for hydroxylation is 1. The number of methoxy groups -OCH3 is 2. The molecular formula is C23H27ClN2O4S2. The second-order valence-electron chi connectivity index (χ2n) is 7.91. The number of nitrogens with one attached hydrogen (secondary N) is 1. The van der Waals surface area contributed by atoms with Gasteiger partial charge in [0, 0.05) is 29.4 Å². The van der Waals surface area contributed by atoms with Crippen molar-refractivity contribution in [3.63, 3.8) is 0 Å². The zero-order valence-electron chi connectivity index (χ0n) is 18.4. The monoisotopic (exact) mass is 494 g/mol. The highest BCUT2D eigenvalue weighted by molar-refractivity contribution is 7.91. The van der Waals surface area contributed by atoms with Crippen LogP contribution in [-0.4, -0.2) is 47.2 Å². The van der Waals surface area contributed by atoms with E-state index < -0.39 is 10.0 Å². The van der Waals surface area contributed by atoms with Crippen LogP contribution in [0.5, 0.6) is 11.5 Å². The van der Waals surface area contributed by atoms with Gasteiger partial charge in [-0.2, -0.15) is 0 Å². The van der Waals surface area contributed by atoms with Crippen LogP contribution < -0.4 is 14.2 Å². The lowest BCUT2D eigenvalue weighted by molar-refractivity contribution is 0.250. The summed E-state index contributed by atoms with van der Waals surface area (Å²) in [7, 11) is -0.266. The van der Waals surface area contributed by atoms with Gasteiger partial charge in [0.15, 0.2) is 11.5 Å².